The van der Waals surface area contributed by atoms with Crippen LogP contribution in [0.25, 0.3) is 5.57 Å². The second-order valence-electron chi connectivity index (χ2n) is 8.09. The average molecular weight is 427 g/mol. The predicted octanol–water partition coefficient (Wildman–Crippen LogP) is 5.33. The van der Waals surface area contributed by atoms with Crippen LogP contribution in [0.3, 0.4) is 0 Å². The molecular weight excluding hydrogens is 400 g/mol. The van der Waals surface area contributed by atoms with Gasteiger partial charge in [-0.2, -0.15) is 0 Å². The third-order valence-corrected chi connectivity index (χ3v) is 5.98. The van der Waals surface area contributed by atoms with E-state index in [0.29, 0.717) is 22.6 Å². The fraction of sp³-hybridized carbons (Fsp3) is 0.185. The van der Waals surface area contributed by atoms with Gasteiger partial charge in [0.2, 0.25) is 0 Å². The van der Waals surface area contributed by atoms with E-state index in [0.717, 1.165) is 27.9 Å². The first-order chi connectivity index (χ1) is 15.3. The number of methoxy groups -OCH3 is 1. The van der Waals surface area contributed by atoms with Gasteiger partial charge in [0.05, 0.1) is 18.4 Å². The van der Waals surface area contributed by atoms with E-state index in [1.165, 1.54) is 12.0 Å². The summed E-state index contributed by atoms with van der Waals surface area (Å²) in [4.78, 5) is 28.4. The highest BCUT2D eigenvalue weighted by Gasteiger charge is 2.41. The van der Waals surface area contributed by atoms with Crippen LogP contribution in [0.5, 0.6) is 5.75 Å². The van der Waals surface area contributed by atoms with E-state index in [1.54, 1.807) is 24.3 Å². The number of nitrogens with one attached hydrogen (secondary N) is 1. The van der Waals surface area contributed by atoms with Gasteiger partial charge in [0.25, 0.3) is 11.8 Å². The van der Waals surface area contributed by atoms with E-state index in [2.05, 4.69) is 5.32 Å². The Bertz CT molecular complexity index is 1270. The molecule has 4 rings (SSSR count). The molecule has 1 heterocycles. The zero-order valence-corrected chi connectivity index (χ0v) is 18.9. The van der Waals surface area contributed by atoms with E-state index in [1.807, 2.05) is 64.1 Å². The molecule has 0 saturated heterocycles. The summed E-state index contributed by atoms with van der Waals surface area (Å²) in [6, 6.07) is 18.7. The third-order valence-electron chi connectivity index (χ3n) is 5.98. The van der Waals surface area contributed by atoms with Crippen LogP contribution in [-0.4, -0.2) is 18.9 Å². The molecule has 0 fully saturated rings. The third kappa shape index (κ3) is 3.66. The van der Waals surface area contributed by atoms with Gasteiger partial charge in [0, 0.05) is 5.69 Å². The summed E-state index contributed by atoms with van der Waals surface area (Å²) in [6.45, 7) is 8.06. The molecule has 1 N–H and O–H groups in total. The molecule has 0 radical (unpaired) electrons. The minimum Gasteiger partial charge on any atom is -0.495 e. The number of hydrogen-bond acceptors (Lipinski definition) is 4. The highest BCUT2D eigenvalue weighted by Crippen LogP contribution is 2.38. The smallest absolute Gasteiger partial charge is 0.282 e. The van der Waals surface area contributed by atoms with Gasteiger partial charge in [-0.05, 0) is 79.8 Å². The fourth-order valence-corrected chi connectivity index (χ4v) is 3.81. The summed E-state index contributed by atoms with van der Waals surface area (Å²) in [5.41, 5.74) is 6.92. The number of aryl methyl sites for hydroxylation is 4. The Balaban J connectivity index is 1.87. The van der Waals surface area contributed by atoms with Gasteiger partial charge in [-0.25, -0.2) is 4.90 Å². The van der Waals surface area contributed by atoms with Crippen LogP contribution in [-0.2, 0) is 9.59 Å². The molecule has 5 heteroatoms. The lowest BCUT2D eigenvalue weighted by molar-refractivity contribution is -0.120. The Kier molecular flexibility index (Phi) is 5.57. The number of benzene rings is 3. The lowest BCUT2D eigenvalue weighted by Crippen LogP contribution is -2.32. The van der Waals surface area contributed by atoms with Crippen molar-refractivity contribution in [2.75, 3.05) is 17.3 Å². The highest BCUT2D eigenvalue weighted by atomic mass is 16.5. The normalized spacial score (nSPS) is 13.7. The number of carbonyl (C=O) groups excluding carboxylic acids is 2. The minimum atomic E-state index is -0.411. The summed E-state index contributed by atoms with van der Waals surface area (Å²) in [5.74, 6) is -0.332. The van der Waals surface area contributed by atoms with Gasteiger partial charge < -0.3 is 10.1 Å². The van der Waals surface area contributed by atoms with Crippen LogP contribution in [0, 0.1) is 27.7 Å². The molecular formula is C27H26N2O3. The van der Waals surface area contributed by atoms with E-state index in [-0.39, 0.29) is 11.6 Å². The summed E-state index contributed by atoms with van der Waals surface area (Å²) in [5, 5.41) is 3.24. The summed E-state index contributed by atoms with van der Waals surface area (Å²) >= 11 is 0. The van der Waals surface area contributed by atoms with Gasteiger partial charge in [-0.15, -0.1) is 0 Å². The number of rotatable bonds is 5. The molecule has 162 valence electrons. The maximum Gasteiger partial charge on any atom is 0.282 e. The zero-order valence-electron chi connectivity index (χ0n) is 18.9. The molecule has 0 aliphatic carbocycles. The Morgan fingerprint density at radius 2 is 1.41 bits per heavy atom. The molecule has 0 saturated carbocycles. The number of nitrogens with zero attached hydrogens (tertiary/aromatic N) is 1. The van der Waals surface area contributed by atoms with E-state index < -0.39 is 5.91 Å². The van der Waals surface area contributed by atoms with E-state index in [4.69, 9.17) is 4.74 Å². The van der Waals surface area contributed by atoms with Crippen molar-refractivity contribution in [3.63, 3.8) is 0 Å². The molecule has 0 spiro atoms. The van der Waals surface area contributed by atoms with Crippen molar-refractivity contribution < 1.29 is 14.3 Å². The van der Waals surface area contributed by atoms with Gasteiger partial charge >= 0.3 is 0 Å². The van der Waals surface area contributed by atoms with Crippen LogP contribution < -0.4 is 15.0 Å². The van der Waals surface area contributed by atoms with Crippen molar-refractivity contribution in [2.45, 2.75) is 27.7 Å². The van der Waals surface area contributed by atoms with Crippen molar-refractivity contribution >= 4 is 28.8 Å². The van der Waals surface area contributed by atoms with Crippen LogP contribution in [0.2, 0.25) is 0 Å². The molecule has 1 aliphatic rings. The Morgan fingerprint density at radius 3 is 2.06 bits per heavy atom. The van der Waals surface area contributed by atoms with Crippen molar-refractivity contribution in [1.82, 2.24) is 0 Å². The standard InChI is InChI=1S/C27H26N2O3/c1-16-10-12-20(14-18(16)3)24-25(28-21-13-11-17(2)19(4)15-21)27(31)29(26(24)30)22-8-6-7-9-23(22)32-5/h6-15,28H,1-5H3. The van der Waals surface area contributed by atoms with Crippen LogP contribution in [0.4, 0.5) is 11.4 Å². The first kappa shape index (κ1) is 21.4. The number of imide groups is 1. The molecule has 3 aromatic rings. The molecule has 0 bridgehead atoms. The topological polar surface area (TPSA) is 58.6 Å². The molecule has 3 aromatic carbocycles. The fourth-order valence-electron chi connectivity index (χ4n) is 3.81. The molecule has 0 aromatic heterocycles. The van der Waals surface area contributed by atoms with Crippen LogP contribution >= 0.6 is 0 Å². The Labute approximate surface area is 188 Å². The van der Waals surface area contributed by atoms with E-state index >= 15 is 0 Å². The van der Waals surface area contributed by atoms with Crippen LogP contribution in [0.1, 0.15) is 27.8 Å². The molecule has 2 amide bonds. The zero-order chi connectivity index (χ0) is 23.0. The highest BCUT2D eigenvalue weighted by molar-refractivity contribution is 6.46. The minimum absolute atomic E-state index is 0.257. The second-order valence-corrected chi connectivity index (χ2v) is 8.09. The summed E-state index contributed by atoms with van der Waals surface area (Å²) in [7, 11) is 1.52. The molecule has 0 atom stereocenters. The maximum absolute atomic E-state index is 13.7. The molecule has 1 aliphatic heterocycles. The summed E-state index contributed by atoms with van der Waals surface area (Å²) < 4.78 is 5.43. The van der Waals surface area contributed by atoms with E-state index in [9.17, 15) is 9.59 Å². The van der Waals surface area contributed by atoms with Gasteiger partial charge in [0.1, 0.15) is 11.4 Å². The number of amides is 2. The lowest BCUT2D eigenvalue weighted by atomic mass is 9.99. The van der Waals surface area contributed by atoms with Gasteiger partial charge in [-0.3, -0.25) is 9.59 Å². The van der Waals surface area contributed by atoms with Gasteiger partial charge in [0.15, 0.2) is 0 Å². The van der Waals surface area contributed by atoms with Crippen molar-refractivity contribution in [3.8, 4) is 5.75 Å². The SMILES string of the molecule is COc1ccccc1N1C(=O)C(Nc2ccc(C)c(C)c2)=C(c2ccc(C)c(C)c2)C1=O. The van der Waals surface area contributed by atoms with Crippen LogP contribution in [0.15, 0.2) is 66.4 Å². The number of anilines is 2. The molecule has 5 nitrogen and oxygen atoms in total. The number of para-hydroxylation sites is 2. The first-order valence-electron chi connectivity index (χ1n) is 10.5. The predicted molar refractivity (Wildman–Crippen MR) is 128 cm³/mol. The van der Waals surface area contributed by atoms with Crippen molar-refractivity contribution in [1.29, 1.82) is 0 Å². The maximum atomic E-state index is 13.7. The second kappa shape index (κ2) is 8.35. The Hall–Kier alpha value is -3.86. The molecule has 32 heavy (non-hydrogen) atoms. The number of hydrogen-bond donors (Lipinski definition) is 1. The van der Waals surface area contributed by atoms with Crippen molar-refractivity contribution in [2.24, 2.45) is 0 Å². The number of ether oxygens (including phenoxy) is 1. The Morgan fingerprint density at radius 1 is 0.750 bits per heavy atom. The van der Waals surface area contributed by atoms with Crippen molar-refractivity contribution in [3.05, 3.63) is 94.2 Å². The lowest BCUT2D eigenvalue weighted by Gasteiger charge is -2.18. The average Bonchev–Trinajstić information content (AvgIpc) is 3.02. The largest absolute Gasteiger partial charge is 0.495 e. The molecule has 0 unspecified atom stereocenters. The number of carbonyl (C=O) groups is 2. The first-order valence-corrected chi connectivity index (χ1v) is 10.5. The monoisotopic (exact) mass is 426 g/mol. The quantitative estimate of drug-likeness (QED) is 0.561. The summed E-state index contributed by atoms with van der Waals surface area (Å²) in [6.07, 6.45) is 0. The van der Waals surface area contributed by atoms with Gasteiger partial charge in [-0.1, -0.05) is 36.4 Å².